The van der Waals surface area contributed by atoms with Gasteiger partial charge in [0.25, 0.3) is 0 Å². The number of fused-ring (bicyclic) bond motifs is 3. The van der Waals surface area contributed by atoms with Crippen molar-refractivity contribution >= 4 is 37.2 Å². The SMILES string of the molecule is C=CC(O[C@@H]1CO[C@H]2[C@@H]1OC[C@H]2O[Si](C)(C)C(C)(C)C)c1nc2nc(-c3ccc(-n4cc5c(n4)CN(C(=O)OC(C)(C)C)C5)cc3)c(Cl)cc2[nH]1. The van der Waals surface area contributed by atoms with Crippen LogP contribution >= 0.6 is 11.6 Å². The summed E-state index contributed by atoms with van der Waals surface area (Å²) in [6.07, 6.45) is 1.96. The van der Waals surface area contributed by atoms with Crippen LogP contribution in [0.25, 0.3) is 28.1 Å². The molecular weight excluding hydrogens is 688 g/mol. The molecule has 0 saturated carbocycles. The molecule has 1 aromatic carbocycles. The van der Waals surface area contributed by atoms with Gasteiger partial charge in [-0.3, -0.25) is 4.90 Å². The van der Waals surface area contributed by atoms with Gasteiger partial charge in [0.2, 0.25) is 0 Å². The second kappa shape index (κ2) is 13.1. The molecule has 0 radical (unpaired) electrons. The zero-order valence-corrected chi connectivity index (χ0v) is 32.3. The second-order valence-electron chi connectivity index (χ2n) is 16.1. The van der Waals surface area contributed by atoms with Crippen LogP contribution in [0, 0.1) is 0 Å². The summed E-state index contributed by atoms with van der Waals surface area (Å²) in [5.41, 5.74) is 4.84. The molecule has 3 aromatic heterocycles. The minimum absolute atomic E-state index is 0.0889. The fourth-order valence-electron chi connectivity index (χ4n) is 6.41. The summed E-state index contributed by atoms with van der Waals surface area (Å²) in [5.74, 6) is 0.573. The Kier molecular flexibility index (Phi) is 9.21. The Morgan fingerprint density at radius 2 is 1.75 bits per heavy atom. The molecule has 2 saturated heterocycles. The van der Waals surface area contributed by atoms with Crippen LogP contribution in [0.3, 0.4) is 0 Å². The van der Waals surface area contributed by atoms with E-state index in [0.717, 1.165) is 22.5 Å². The van der Waals surface area contributed by atoms with E-state index in [2.05, 4.69) is 45.4 Å². The van der Waals surface area contributed by atoms with Crippen molar-refractivity contribution in [3.63, 3.8) is 0 Å². The predicted octanol–water partition coefficient (Wildman–Crippen LogP) is 7.52. The van der Waals surface area contributed by atoms with E-state index in [9.17, 15) is 4.79 Å². The van der Waals surface area contributed by atoms with E-state index in [-0.39, 0.29) is 35.5 Å². The maximum Gasteiger partial charge on any atom is 0.410 e. The van der Waals surface area contributed by atoms with Crippen LogP contribution in [-0.4, -0.2) is 87.3 Å². The first-order valence-corrected chi connectivity index (χ1v) is 20.7. The van der Waals surface area contributed by atoms with Gasteiger partial charge in [-0.25, -0.2) is 19.4 Å². The molecule has 2 fully saturated rings. The lowest BCUT2D eigenvalue weighted by molar-refractivity contribution is -0.0602. The molecule has 0 bridgehead atoms. The monoisotopic (exact) mass is 734 g/mol. The fourth-order valence-corrected chi connectivity index (χ4v) is 7.98. The van der Waals surface area contributed by atoms with Gasteiger partial charge in [-0.2, -0.15) is 5.10 Å². The Balaban J connectivity index is 1.02. The normalized spacial score (nSPS) is 22.7. The van der Waals surface area contributed by atoms with E-state index in [4.69, 9.17) is 50.0 Å². The molecule has 1 amide bonds. The van der Waals surface area contributed by atoms with Gasteiger partial charge >= 0.3 is 6.09 Å². The number of carbonyl (C=O) groups excluding carboxylic acids is 1. The standard InChI is InChI=1S/C37H47ClN6O6Si/c1-10-27(48-28-19-46-32-29(20-47-31(28)32)50-51(8,9)37(5,6)7)34-39-25-15-24(38)30(40-33(25)41-34)21-11-13-23(14-12-21)44-17-22-16-43(18-26(22)42-44)35(45)49-36(2,3)4/h10-15,17,27-29,31-32H,1,16,18-20H2,2-9H3,(H,39,40,41)/t27?,28-,29-,31-,32-/m1/s1. The molecule has 3 aliphatic rings. The molecule has 5 atom stereocenters. The smallest absolute Gasteiger partial charge is 0.410 e. The molecule has 14 heteroatoms. The highest BCUT2D eigenvalue weighted by molar-refractivity contribution is 6.74. The van der Waals surface area contributed by atoms with Crippen LogP contribution in [0.2, 0.25) is 23.2 Å². The number of hydrogen-bond donors (Lipinski definition) is 1. The number of rotatable bonds is 8. The maximum absolute atomic E-state index is 12.5. The lowest BCUT2D eigenvalue weighted by atomic mass is 10.1. The summed E-state index contributed by atoms with van der Waals surface area (Å²) in [4.78, 5) is 27.1. The Bertz CT molecular complexity index is 1920. The minimum atomic E-state index is -1.99. The number of nitrogens with zero attached hydrogens (tertiary/aromatic N) is 5. The Morgan fingerprint density at radius 1 is 1.06 bits per heavy atom. The van der Waals surface area contributed by atoms with Crippen LogP contribution in [0.5, 0.6) is 0 Å². The van der Waals surface area contributed by atoms with Crippen molar-refractivity contribution in [3.05, 3.63) is 71.3 Å². The number of hydrogen-bond acceptors (Lipinski definition) is 9. The van der Waals surface area contributed by atoms with Gasteiger partial charge in [0.05, 0.1) is 60.0 Å². The highest BCUT2D eigenvalue weighted by atomic mass is 35.5. The number of nitrogens with one attached hydrogen (secondary N) is 1. The van der Waals surface area contributed by atoms with Crippen molar-refractivity contribution in [1.82, 2.24) is 29.6 Å². The van der Waals surface area contributed by atoms with E-state index < -0.39 is 20.0 Å². The molecule has 6 heterocycles. The number of aromatic nitrogens is 5. The molecule has 12 nitrogen and oxygen atoms in total. The van der Waals surface area contributed by atoms with E-state index in [1.165, 1.54) is 0 Å². The first-order valence-electron chi connectivity index (χ1n) is 17.4. The Labute approximate surface area is 304 Å². The van der Waals surface area contributed by atoms with Gasteiger partial charge in [-0.15, -0.1) is 6.58 Å². The van der Waals surface area contributed by atoms with E-state index in [1.807, 2.05) is 62.0 Å². The third-order valence-corrected chi connectivity index (χ3v) is 14.9. The maximum atomic E-state index is 12.5. The zero-order valence-electron chi connectivity index (χ0n) is 30.5. The number of ether oxygens (including phenoxy) is 4. The van der Waals surface area contributed by atoms with Crippen molar-refractivity contribution in [2.24, 2.45) is 0 Å². The number of halogens is 1. The van der Waals surface area contributed by atoms with Crippen molar-refractivity contribution in [3.8, 4) is 16.9 Å². The van der Waals surface area contributed by atoms with E-state index in [0.29, 0.717) is 54.0 Å². The molecule has 0 spiro atoms. The lowest BCUT2D eigenvalue weighted by Crippen LogP contribution is -2.47. The van der Waals surface area contributed by atoms with Gasteiger partial charge in [0.1, 0.15) is 35.8 Å². The number of pyridine rings is 1. The first kappa shape index (κ1) is 35.8. The molecule has 1 N–H and O–H groups in total. The van der Waals surface area contributed by atoms with Gasteiger partial charge in [-0.05, 0) is 57.1 Å². The molecule has 1 unspecified atom stereocenters. The topological polar surface area (TPSA) is 126 Å². The molecule has 7 rings (SSSR count). The van der Waals surface area contributed by atoms with E-state index in [1.54, 1.807) is 11.0 Å². The number of H-pyrrole nitrogens is 1. The summed E-state index contributed by atoms with van der Waals surface area (Å²) in [5, 5.41) is 5.31. The highest BCUT2D eigenvalue weighted by Gasteiger charge is 2.52. The molecule has 0 aliphatic carbocycles. The van der Waals surface area contributed by atoms with Crippen molar-refractivity contribution < 1.29 is 28.2 Å². The Hall–Kier alpha value is -3.59. The van der Waals surface area contributed by atoms with Gasteiger partial charge < -0.3 is 28.4 Å². The minimum Gasteiger partial charge on any atom is -0.444 e. The number of aromatic amines is 1. The van der Waals surface area contributed by atoms with Gasteiger partial charge in [-0.1, -0.05) is 50.6 Å². The molecule has 3 aliphatic heterocycles. The predicted molar refractivity (Wildman–Crippen MR) is 196 cm³/mol. The molecule has 272 valence electrons. The number of benzene rings is 1. The molecular formula is C37H47ClN6O6Si. The summed E-state index contributed by atoms with van der Waals surface area (Å²) >= 11 is 6.77. The highest BCUT2D eigenvalue weighted by Crippen LogP contribution is 2.41. The van der Waals surface area contributed by atoms with Gasteiger partial charge in [0.15, 0.2) is 14.0 Å². The van der Waals surface area contributed by atoms with Crippen molar-refractivity contribution in [2.75, 3.05) is 13.2 Å². The summed E-state index contributed by atoms with van der Waals surface area (Å²) in [6, 6.07) is 9.67. The van der Waals surface area contributed by atoms with Crippen LogP contribution in [0.15, 0.2) is 49.2 Å². The number of imidazole rings is 1. The first-order chi connectivity index (χ1) is 24.0. The largest absolute Gasteiger partial charge is 0.444 e. The number of carbonyl (C=O) groups is 1. The summed E-state index contributed by atoms with van der Waals surface area (Å²) in [6.45, 7) is 22.5. The third-order valence-electron chi connectivity index (χ3n) is 10.1. The average Bonchev–Trinajstić information content (AvgIpc) is 3.86. The van der Waals surface area contributed by atoms with Crippen LogP contribution in [-0.2, 0) is 36.5 Å². The average molecular weight is 735 g/mol. The van der Waals surface area contributed by atoms with E-state index >= 15 is 0 Å². The second-order valence-corrected chi connectivity index (χ2v) is 21.2. The fraction of sp³-hybridized carbons (Fsp3) is 0.514. The van der Waals surface area contributed by atoms with Crippen LogP contribution < -0.4 is 0 Å². The van der Waals surface area contributed by atoms with Crippen molar-refractivity contribution in [2.45, 2.75) is 109 Å². The van der Waals surface area contributed by atoms with Gasteiger partial charge in [0, 0.05) is 17.3 Å². The quantitative estimate of drug-likeness (QED) is 0.145. The summed E-state index contributed by atoms with van der Waals surface area (Å²) in [7, 11) is -1.99. The summed E-state index contributed by atoms with van der Waals surface area (Å²) < 4.78 is 32.9. The van der Waals surface area contributed by atoms with Crippen molar-refractivity contribution in [1.29, 1.82) is 0 Å². The zero-order chi connectivity index (χ0) is 36.5. The molecule has 51 heavy (non-hydrogen) atoms. The van der Waals surface area contributed by atoms with Crippen LogP contribution in [0.1, 0.15) is 64.7 Å². The number of amides is 1. The van der Waals surface area contributed by atoms with Crippen LogP contribution in [0.4, 0.5) is 4.79 Å². The third kappa shape index (κ3) is 7.12. The Morgan fingerprint density at radius 3 is 2.39 bits per heavy atom. The lowest BCUT2D eigenvalue weighted by Gasteiger charge is -2.39. The molecule has 4 aromatic rings.